The molecule has 1 N–H and O–H groups in total. The van der Waals surface area contributed by atoms with Crippen molar-refractivity contribution < 1.29 is 24.2 Å². The topological polar surface area (TPSA) is 90.4 Å². The Morgan fingerprint density at radius 2 is 1.78 bits per heavy atom. The van der Waals surface area contributed by atoms with E-state index < -0.39 is 28.7 Å². The molecule has 8 nitrogen and oxygen atoms in total. The van der Waals surface area contributed by atoms with E-state index in [1.165, 1.54) is 0 Å². The number of likely N-dealkylation sites (tertiary alicyclic amines) is 1. The molecular weight excluding hydrogens is 598 g/mol. The van der Waals surface area contributed by atoms with Gasteiger partial charge in [-0.2, -0.15) is 0 Å². The molecule has 0 aromatic heterocycles. The molecule has 2 aromatic rings. The Bertz CT molecular complexity index is 1430. The van der Waals surface area contributed by atoms with E-state index in [1.54, 1.807) is 57.9 Å². The van der Waals surface area contributed by atoms with Crippen LogP contribution in [-0.2, 0) is 20.9 Å². The van der Waals surface area contributed by atoms with Crippen LogP contribution in [0, 0.1) is 23.7 Å². The number of aliphatic hydroxyl groups is 1. The van der Waals surface area contributed by atoms with Crippen molar-refractivity contribution in [2.24, 2.45) is 23.7 Å². The van der Waals surface area contributed by atoms with E-state index in [0.29, 0.717) is 24.5 Å². The number of carbonyl (C=O) groups excluding carboxylic acids is 3. The number of nitrogens with zero attached hydrogens (tertiary/aromatic N) is 3. The lowest BCUT2D eigenvalue weighted by molar-refractivity contribution is -0.146. The lowest BCUT2D eigenvalue weighted by Gasteiger charge is -2.43. The second-order valence-electron chi connectivity index (χ2n) is 12.9. The maximum absolute atomic E-state index is 15.1. The molecular formula is C37H47N3O5S. The van der Waals surface area contributed by atoms with E-state index in [2.05, 4.69) is 20.1 Å². The van der Waals surface area contributed by atoms with Gasteiger partial charge in [-0.15, -0.1) is 24.9 Å². The number of aliphatic hydroxyl groups excluding tert-OH is 1. The molecule has 3 amide bonds. The Balaban J connectivity index is 1.61. The monoisotopic (exact) mass is 645 g/mol. The van der Waals surface area contributed by atoms with Gasteiger partial charge in [-0.3, -0.25) is 14.4 Å². The number of ether oxygens (including phenoxy) is 1. The number of anilines is 1. The summed E-state index contributed by atoms with van der Waals surface area (Å²) in [5, 5.41) is 10.7. The molecule has 2 bridgehead atoms. The minimum absolute atomic E-state index is 0.000785. The normalized spacial score (nSPS) is 27.5. The zero-order valence-electron chi connectivity index (χ0n) is 27.4. The third kappa shape index (κ3) is 5.66. The van der Waals surface area contributed by atoms with Gasteiger partial charge in [0.15, 0.2) is 0 Å². The van der Waals surface area contributed by atoms with E-state index in [9.17, 15) is 14.7 Å². The van der Waals surface area contributed by atoms with Crippen molar-refractivity contribution in [2.45, 2.75) is 62.2 Å². The highest BCUT2D eigenvalue weighted by atomic mass is 32.2. The first-order chi connectivity index (χ1) is 22.2. The zero-order chi connectivity index (χ0) is 33.2. The van der Waals surface area contributed by atoms with Gasteiger partial charge in [0.05, 0.1) is 36.3 Å². The fraction of sp³-hybridized carbons (Fsp3) is 0.486. The number of carbonyl (C=O) groups is 3. The van der Waals surface area contributed by atoms with Gasteiger partial charge >= 0.3 is 0 Å². The van der Waals surface area contributed by atoms with Crippen molar-refractivity contribution >= 4 is 35.2 Å². The molecule has 46 heavy (non-hydrogen) atoms. The van der Waals surface area contributed by atoms with Crippen molar-refractivity contribution in [2.75, 3.05) is 31.7 Å². The first-order valence-electron chi connectivity index (χ1n) is 16.3. The Hall–Kier alpha value is -3.56. The fourth-order valence-corrected chi connectivity index (χ4v) is 10.4. The van der Waals surface area contributed by atoms with Crippen molar-refractivity contribution in [1.82, 2.24) is 9.80 Å². The van der Waals surface area contributed by atoms with Crippen LogP contribution in [0.25, 0.3) is 0 Å². The maximum atomic E-state index is 15.1. The Morgan fingerprint density at radius 3 is 2.37 bits per heavy atom. The van der Waals surface area contributed by atoms with Crippen LogP contribution in [0.5, 0.6) is 5.75 Å². The summed E-state index contributed by atoms with van der Waals surface area (Å²) in [7, 11) is 1.59. The van der Waals surface area contributed by atoms with Crippen LogP contribution in [0.1, 0.15) is 39.2 Å². The Labute approximate surface area is 277 Å². The number of hydrogen-bond donors (Lipinski definition) is 1. The number of rotatable bonds is 14. The molecule has 3 aliphatic rings. The van der Waals surface area contributed by atoms with Crippen LogP contribution < -0.4 is 9.64 Å². The van der Waals surface area contributed by atoms with E-state index in [4.69, 9.17) is 4.74 Å². The second kappa shape index (κ2) is 14.1. The van der Waals surface area contributed by atoms with Crippen molar-refractivity contribution in [3.63, 3.8) is 0 Å². The predicted molar refractivity (Wildman–Crippen MR) is 183 cm³/mol. The summed E-state index contributed by atoms with van der Waals surface area (Å²) >= 11 is 1.65. The molecule has 3 fully saturated rings. The van der Waals surface area contributed by atoms with Gasteiger partial charge in [-0.1, -0.05) is 69.7 Å². The van der Waals surface area contributed by atoms with E-state index in [-0.39, 0.29) is 48.0 Å². The molecule has 9 heteroatoms. The van der Waals surface area contributed by atoms with Crippen LogP contribution in [0.15, 0.2) is 79.9 Å². The molecule has 246 valence electrons. The third-order valence-corrected chi connectivity index (χ3v) is 12.5. The van der Waals surface area contributed by atoms with Gasteiger partial charge in [0.25, 0.3) is 5.91 Å². The highest BCUT2D eigenvalue weighted by Crippen LogP contribution is 2.69. The van der Waals surface area contributed by atoms with Gasteiger partial charge in [0.2, 0.25) is 11.8 Å². The van der Waals surface area contributed by atoms with Crippen molar-refractivity contribution in [3.8, 4) is 5.75 Å². The maximum Gasteiger partial charge on any atom is 0.251 e. The number of benzene rings is 2. The summed E-state index contributed by atoms with van der Waals surface area (Å²) in [6, 6.07) is 15.7. The quantitative estimate of drug-likeness (QED) is 0.285. The van der Waals surface area contributed by atoms with Gasteiger partial charge in [0.1, 0.15) is 11.8 Å². The van der Waals surface area contributed by atoms with Crippen molar-refractivity contribution in [1.29, 1.82) is 0 Å². The molecule has 3 unspecified atom stereocenters. The SMILES string of the molecule is C=CCN(Cc1ccccc1)C(=O)[C@@H]1[C@@H]2CC(C)C3(S2)C(C(=O)N(CC=C)c2ccc(OC)cc2)N([C@@H](CO)[C@@H](C)CC)C(=O)[C@H]13. The second-order valence-corrected chi connectivity index (χ2v) is 14.4. The van der Waals surface area contributed by atoms with Crippen LogP contribution in [-0.4, -0.2) is 81.5 Å². The fourth-order valence-electron chi connectivity index (χ4n) is 7.96. The molecule has 5 rings (SSSR count). The smallest absolute Gasteiger partial charge is 0.251 e. The Kier molecular flexibility index (Phi) is 10.3. The lowest BCUT2D eigenvalue weighted by Crippen LogP contribution is -2.60. The van der Waals surface area contributed by atoms with Gasteiger partial charge in [0, 0.05) is 30.6 Å². The number of methoxy groups -OCH3 is 1. The highest BCUT2D eigenvalue weighted by Gasteiger charge is 2.77. The molecule has 2 aromatic carbocycles. The first kappa shape index (κ1) is 33.8. The van der Waals surface area contributed by atoms with Crippen LogP contribution in [0.4, 0.5) is 5.69 Å². The van der Waals surface area contributed by atoms with Crippen molar-refractivity contribution in [3.05, 3.63) is 85.5 Å². The molecule has 3 heterocycles. The van der Waals surface area contributed by atoms with Gasteiger partial charge in [-0.05, 0) is 48.1 Å². The number of thioether (sulfide) groups is 1. The van der Waals surface area contributed by atoms with E-state index >= 15 is 4.79 Å². The number of amides is 3. The number of hydrogen-bond acceptors (Lipinski definition) is 6. The average Bonchev–Trinajstić information content (AvgIpc) is 3.67. The molecule has 1 spiro atoms. The average molecular weight is 646 g/mol. The molecule has 0 saturated carbocycles. The summed E-state index contributed by atoms with van der Waals surface area (Å²) in [5.74, 6) is -1.16. The minimum Gasteiger partial charge on any atom is -0.497 e. The van der Waals surface area contributed by atoms with Gasteiger partial charge < -0.3 is 24.5 Å². The highest BCUT2D eigenvalue weighted by molar-refractivity contribution is 8.02. The molecule has 0 radical (unpaired) electrons. The molecule has 3 saturated heterocycles. The molecule has 8 atom stereocenters. The summed E-state index contributed by atoms with van der Waals surface area (Å²) in [4.78, 5) is 49.7. The van der Waals surface area contributed by atoms with Crippen LogP contribution in [0.3, 0.4) is 0 Å². The van der Waals surface area contributed by atoms with Crippen LogP contribution >= 0.6 is 11.8 Å². The zero-order valence-corrected chi connectivity index (χ0v) is 28.2. The van der Waals surface area contributed by atoms with Crippen LogP contribution in [0.2, 0.25) is 0 Å². The summed E-state index contributed by atoms with van der Waals surface area (Å²) in [6.45, 7) is 14.7. The molecule has 0 aliphatic carbocycles. The predicted octanol–water partition coefficient (Wildman–Crippen LogP) is 5.17. The summed E-state index contributed by atoms with van der Waals surface area (Å²) in [5.41, 5.74) is 1.67. The Morgan fingerprint density at radius 1 is 1.11 bits per heavy atom. The van der Waals surface area contributed by atoms with Gasteiger partial charge in [-0.25, -0.2) is 0 Å². The summed E-state index contributed by atoms with van der Waals surface area (Å²) < 4.78 is 4.53. The third-order valence-electron chi connectivity index (χ3n) is 10.4. The van der Waals surface area contributed by atoms with E-state index in [0.717, 1.165) is 18.4 Å². The standard InChI is InChI=1S/C37H47N3O5S/c1-7-19-38(22-26-13-11-10-12-14-26)34(42)31-30-21-25(5)37(46-30)32(31)35(43)40(29(23-41)24(4)9-3)33(37)36(44)39(20-8-2)27-15-17-28(45-6)18-16-27/h7-8,10-18,24-25,29-33,41H,1-2,9,19-23H2,3-6H3/t24-,25?,29-,30-,31+,32-,33?,37?/m0/s1. The minimum atomic E-state index is -0.858. The number of fused-ring (bicyclic) bond motifs is 1. The summed E-state index contributed by atoms with van der Waals surface area (Å²) in [6.07, 6.45) is 4.86. The lowest BCUT2D eigenvalue weighted by atomic mass is 9.65. The van der Waals surface area contributed by atoms with E-state index in [1.807, 2.05) is 56.3 Å². The first-order valence-corrected chi connectivity index (χ1v) is 17.2. The largest absolute Gasteiger partial charge is 0.497 e. The molecule has 3 aliphatic heterocycles.